The third-order valence-corrected chi connectivity index (χ3v) is 3.79. The molecule has 0 spiro atoms. The van der Waals surface area contributed by atoms with Gasteiger partial charge in [-0.3, -0.25) is 4.79 Å². The van der Waals surface area contributed by atoms with Gasteiger partial charge in [-0.25, -0.2) is 0 Å². The Hall–Kier alpha value is -1.55. The third-order valence-electron chi connectivity index (χ3n) is 3.79. The number of aryl methyl sites for hydroxylation is 1. The smallest absolute Gasteiger partial charge is 0.226 e. The van der Waals surface area contributed by atoms with E-state index in [4.69, 9.17) is 5.73 Å². The van der Waals surface area contributed by atoms with Crippen molar-refractivity contribution in [2.24, 2.45) is 5.73 Å². The first-order valence-corrected chi connectivity index (χ1v) is 6.87. The average molecular weight is 262 g/mol. The highest BCUT2D eigenvalue weighted by Gasteiger charge is 2.30. The number of carbonyl (C=O) groups excluding carboxylic acids is 1. The number of rotatable bonds is 3. The first-order chi connectivity index (χ1) is 8.98. The second-order valence-corrected chi connectivity index (χ2v) is 5.67. The third kappa shape index (κ3) is 3.70. The van der Waals surface area contributed by atoms with Gasteiger partial charge in [0.1, 0.15) is 5.75 Å². The Balaban J connectivity index is 1.99. The molecule has 1 fully saturated rings. The fraction of sp³-hybridized carbons (Fsp3) is 0.533. The van der Waals surface area contributed by atoms with Crippen molar-refractivity contribution in [2.75, 3.05) is 5.32 Å². The van der Waals surface area contributed by atoms with Gasteiger partial charge in [0.2, 0.25) is 5.91 Å². The minimum atomic E-state index is -0.373. The van der Waals surface area contributed by atoms with Crippen LogP contribution in [0.2, 0.25) is 0 Å². The van der Waals surface area contributed by atoms with Crippen LogP contribution in [-0.4, -0.2) is 16.6 Å². The van der Waals surface area contributed by atoms with Crippen LogP contribution in [0.25, 0.3) is 0 Å². The summed E-state index contributed by atoms with van der Waals surface area (Å²) in [6.07, 6.45) is 5.53. The van der Waals surface area contributed by atoms with E-state index in [1.54, 1.807) is 18.2 Å². The highest BCUT2D eigenvalue weighted by atomic mass is 16.3. The van der Waals surface area contributed by atoms with Gasteiger partial charge >= 0.3 is 0 Å². The van der Waals surface area contributed by atoms with Crippen molar-refractivity contribution in [2.45, 2.75) is 51.0 Å². The lowest BCUT2D eigenvalue weighted by Crippen LogP contribution is -2.44. The van der Waals surface area contributed by atoms with Gasteiger partial charge in [-0.05, 0) is 37.5 Å². The van der Waals surface area contributed by atoms with Crippen LogP contribution in [0.4, 0.5) is 5.69 Å². The number of hydrogen-bond donors (Lipinski definition) is 3. The van der Waals surface area contributed by atoms with E-state index in [1.807, 2.05) is 6.92 Å². The molecule has 4 N–H and O–H groups in total. The van der Waals surface area contributed by atoms with Crippen LogP contribution < -0.4 is 11.1 Å². The van der Waals surface area contributed by atoms with Gasteiger partial charge < -0.3 is 16.2 Å². The van der Waals surface area contributed by atoms with Crippen LogP contribution in [0.5, 0.6) is 5.75 Å². The molecule has 1 aliphatic rings. The van der Waals surface area contributed by atoms with Crippen LogP contribution in [-0.2, 0) is 4.79 Å². The number of carbonyl (C=O) groups is 1. The Morgan fingerprint density at radius 1 is 1.37 bits per heavy atom. The lowest BCUT2D eigenvalue weighted by atomic mass is 9.80. The molecule has 0 atom stereocenters. The number of phenols is 1. The topological polar surface area (TPSA) is 75.3 Å². The zero-order valence-corrected chi connectivity index (χ0v) is 11.4. The molecule has 0 aromatic heterocycles. The molecule has 0 saturated heterocycles. The lowest BCUT2D eigenvalue weighted by Gasteiger charge is -2.32. The molecule has 0 heterocycles. The highest BCUT2D eigenvalue weighted by Crippen LogP contribution is 2.30. The van der Waals surface area contributed by atoms with Crippen molar-refractivity contribution in [3.8, 4) is 5.75 Å². The molecule has 19 heavy (non-hydrogen) atoms. The number of phenolic OH excluding ortho intramolecular Hbond substituents is 1. The average Bonchev–Trinajstić information content (AvgIpc) is 2.34. The fourth-order valence-electron chi connectivity index (χ4n) is 2.70. The van der Waals surface area contributed by atoms with Crippen molar-refractivity contribution in [1.82, 2.24) is 0 Å². The van der Waals surface area contributed by atoms with E-state index < -0.39 is 0 Å². The molecule has 0 radical (unpaired) electrons. The predicted molar refractivity (Wildman–Crippen MR) is 76.1 cm³/mol. The van der Waals surface area contributed by atoms with Gasteiger partial charge in [-0.15, -0.1) is 0 Å². The molecule has 1 amide bonds. The molecule has 0 unspecified atom stereocenters. The summed E-state index contributed by atoms with van der Waals surface area (Å²) in [6, 6.07) is 5.15. The van der Waals surface area contributed by atoms with Crippen molar-refractivity contribution in [1.29, 1.82) is 0 Å². The van der Waals surface area contributed by atoms with E-state index in [1.165, 1.54) is 6.42 Å². The molecular weight excluding hydrogens is 240 g/mol. The summed E-state index contributed by atoms with van der Waals surface area (Å²) >= 11 is 0. The van der Waals surface area contributed by atoms with Crippen molar-refractivity contribution < 1.29 is 9.90 Å². The second-order valence-electron chi connectivity index (χ2n) is 5.67. The maximum atomic E-state index is 12.0. The second kappa shape index (κ2) is 5.61. The molecule has 1 aromatic carbocycles. The van der Waals surface area contributed by atoms with E-state index in [0.717, 1.165) is 31.2 Å². The molecule has 0 aliphatic heterocycles. The van der Waals surface area contributed by atoms with E-state index in [9.17, 15) is 9.90 Å². The van der Waals surface area contributed by atoms with Crippen LogP contribution in [0, 0.1) is 6.92 Å². The van der Waals surface area contributed by atoms with E-state index in [2.05, 4.69) is 5.32 Å². The van der Waals surface area contributed by atoms with Crippen molar-refractivity contribution in [3.05, 3.63) is 23.8 Å². The van der Waals surface area contributed by atoms with Crippen LogP contribution in [0.15, 0.2) is 18.2 Å². The molecule has 1 aliphatic carbocycles. The molecular formula is C15H22N2O2. The summed E-state index contributed by atoms with van der Waals surface area (Å²) in [6.45, 7) is 1.92. The fourth-order valence-corrected chi connectivity index (χ4v) is 2.70. The minimum Gasteiger partial charge on any atom is -0.506 e. The summed E-state index contributed by atoms with van der Waals surface area (Å²) in [7, 11) is 0. The Labute approximate surface area is 114 Å². The van der Waals surface area contributed by atoms with Crippen molar-refractivity contribution in [3.63, 3.8) is 0 Å². The van der Waals surface area contributed by atoms with E-state index >= 15 is 0 Å². The number of amides is 1. The highest BCUT2D eigenvalue weighted by molar-refractivity contribution is 5.93. The van der Waals surface area contributed by atoms with E-state index in [-0.39, 0.29) is 17.2 Å². The van der Waals surface area contributed by atoms with E-state index in [0.29, 0.717) is 12.1 Å². The van der Waals surface area contributed by atoms with Gasteiger partial charge in [-0.2, -0.15) is 0 Å². The van der Waals surface area contributed by atoms with Crippen LogP contribution in [0.1, 0.15) is 44.1 Å². The number of hydrogen-bond acceptors (Lipinski definition) is 3. The Bertz CT molecular complexity index is 465. The number of nitrogens with two attached hydrogens (primary N) is 1. The first kappa shape index (κ1) is 13.9. The summed E-state index contributed by atoms with van der Waals surface area (Å²) in [5.41, 5.74) is 7.34. The first-order valence-electron chi connectivity index (χ1n) is 6.87. The number of aromatic hydroxyl groups is 1. The SMILES string of the molecule is Cc1ccc(O)c(NC(=O)CC2(N)CCCCC2)c1. The Morgan fingerprint density at radius 2 is 2.05 bits per heavy atom. The molecule has 1 aromatic rings. The summed E-state index contributed by atoms with van der Waals surface area (Å²) in [4.78, 5) is 12.0. The van der Waals surface area contributed by atoms with Crippen LogP contribution in [0.3, 0.4) is 0 Å². The molecule has 0 bridgehead atoms. The molecule has 1 saturated carbocycles. The summed E-state index contributed by atoms with van der Waals surface area (Å²) in [5.74, 6) is -0.0287. The molecule has 4 nitrogen and oxygen atoms in total. The predicted octanol–water partition coefficient (Wildman–Crippen LogP) is 2.69. The lowest BCUT2D eigenvalue weighted by molar-refractivity contribution is -0.117. The Morgan fingerprint density at radius 3 is 2.74 bits per heavy atom. The quantitative estimate of drug-likeness (QED) is 0.733. The Kier molecular flexibility index (Phi) is 4.10. The normalized spacial score (nSPS) is 18.0. The molecule has 2 rings (SSSR count). The number of anilines is 1. The monoisotopic (exact) mass is 262 g/mol. The van der Waals surface area contributed by atoms with Crippen molar-refractivity contribution >= 4 is 11.6 Å². The van der Waals surface area contributed by atoms with Gasteiger partial charge in [0.05, 0.1) is 5.69 Å². The van der Waals surface area contributed by atoms with Gasteiger partial charge in [0.15, 0.2) is 0 Å². The summed E-state index contributed by atoms with van der Waals surface area (Å²) < 4.78 is 0. The van der Waals surface area contributed by atoms with Gasteiger partial charge in [0, 0.05) is 12.0 Å². The summed E-state index contributed by atoms with van der Waals surface area (Å²) in [5, 5.41) is 12.5. The van der Waals surface area contributed by atoms with Gasteiger partial charge in [-0.1, -0.05) is 25.3 Å². The molecule has 4 heteroatoms. The number of nitrogens with one attached hydrogen (secondary N) is 1. The minimum absolute atomic E-state index is 0.0914. The molecule has 104 valence electrons. The van der Waals surface area contributed by atoms with Gasteiger partial charge in [0.25, 0.3) is 0 Å². The maximum absolute atomic E-state index is 12.0. The largest absolute Gasteiger partial charge is 0.506 e. The number of benzene rings is 1. The zero-order valence-electron chi connectivity index (χ0n) is 11.4. The zero-order chi connectivity index (χ0) is 13.9. The van der Waals surface area contributed by atoms with Crippen LogP contribution >= 0.6 is 0 Å². The standard InChI is InChI=1S/C15H22N2O2/c1-11-5-6-13(18)12(9-11)17-14(19)10-15(16)7-3-2-4-8-15/h5-6,9,18H,2-4,7-8,10,16H2,1H3,(H,17,19). The maximum Gasteiger partial charge on any atom is 0.226 e.